The minimum Gasteiger partial charge on any atom is -0.349 e. The molecule has 3 rings (SSSR count). The fraction of sp³-hybridized carbons (Fsp3) is 0.350. The lowest BCUT2D eigenvalue weighted by atomic mass is 9.93. The molecule has 3 N–H and O–H groups in total. The number of rotatable bonds is 6. The smallest absolute Gasteiger partial charge is 0.225 e. The second kappa shape index (κ2) is 7.37. The lowest BCUT2D eigenvalue weighted by Gasteiger charge is -2.24. The van der Waals surface area contributed by atoms with Crippen LogP contribution in [-0.4, -0.2) is 5.91 Å². The molecule has 1 fully saturated rings. The van der Waals surface area contributed by atoms with Gasteiger partial charge in [-0.05, 0) is 42.0 Å². The van der Waals surface area contributed by atoms with Gasteiger partial charge in [-0.3, -0.25) is 4.79 Å². The lowest BCUT2D eigenvalue weighted by Crippen LogP contribution is -2.38. The highest BCUT2D eigenvalue weighted by Crippen LogP contribution is 2.41. The minimum absolute atomic E-state index is 0.00166. The molecule has 0 saturated heterocycles. The van der Waals surface area contributed by atoms with Gasteiger partial charge in [-0.2, -0.15) is 0 Å². The average molecular weight is 343 g/mol. The molecule has 2 aromatic rings. The number of hydrogen-bond donors (Lipinski definition) is 2. The normalized spacial score (nSPS) is 17.8. The van der Waals surface area contributed by atoms with Gasteiger partial charge in [0.1, 0.15) is 0 Å². The Morgan fingerprint density at radius 3 is 2.29 bits per heavy atom. The third-order valence-corrected chi connectivity index (χ3v) is 5.01. The van der Waals surface area contributed by atoms with Crippen molar-refractivity contribution < 1.29 is 4.79 Å². The molecule has 0 radical (unpaired) electrons. The molecule has 3 unspecified atom stereocenters. The van der Waals surface area contributed by atoms with Gasteiger partial charge in [-0.1, -0.05) is 61.0 Å². The van der Waals surface area contributed by atoms with E-state index < -0.39 is 0 Å². The second-order valence-electron chi connectivity index (χ2n) is 6.60. The molecule has 0 aromatic heterocycles. The molecule has 3 nitrogen and oxygen atoms in total. The first-order valence-corrected chi connectivity index (χ1v) is 8.80. The Balaban J connectivity index is 1.70. The monoisotopic (exact) mass is 342 g/mol. The van der Waals surface area contributed by atoms with Crippen molar-refractivity contribution in [3.63, 3.8) is 0 Å². The number of nitrogens with two attached hydrogens (primary N) is 1. The van der Waals surface area contributed by atoms with E-state index in [1.807, 2.05) is 61.5 Å². The van der Waals surface area contributed by atoms with Crippen LogP contribution >= 0.6 is 11.6 Å². The quantitative estimate of drug-likeness (QED) is 0.824. The van der Waals surface area contributed by atoms with E-state index in [0.29, 0.717) is 10.9 Å². The number of nitrogens with one attached hydrogen (secondary N) is 1. The van der Waals surface area contributed by atoms with Crippen molar-refractivity contribution in [2.24, 2.45) is 17.6 Å². The molecule has 126 valence electrons. The maximum Gasteiger partial charge on any atom is 0.225 e. The van der Waals surface area contributed by atoms with Gasteiger partial charge in [0, 0.05) is 11.1 Å². The van der Waals surface area contributed by atoms with Crippen LogP contribution < -0.4 is 11.1 Å². The van der Waals surface area contributed by atoms with E-state index in [0.717, 1.165) is 24.0 Å². The van der Waals surface area contributed by atoms with Gasteiger partial charge in [0.05, 0.1) is 12.0 Å². The van der Waals surface area contributed by atoms with E-state index in [-0.39, 0.29) is 23.9 Å². The van der Waals surface area contributed by atoms with E-state index in [2.05, 4.69) is 5.32 Å². The van der Waals surface area contributed by atoms with Crippen LogP contribution in [0.4, 0.5) is 0 Å². The van der Waals surface area contributed by atoms with Crippen LogP contribution in [0.15, 0.2) is 54.6 Å². The van der Waals surface area contributed by atoms with Crippen LogP contribution in [0.1, 0.15) is 43.0 Å². The zero-order valence-corrected chi connectivity index (χ0v) is 14.5. The van der Waals surface area contributed by atoms with Gasteiger partial charge in [0.25, 0.3) is 0 Å². The summed E-state index contributed by atoms with van der Waals surface area (Å²) in [7, 11) is 0. The lowest BCUT2D eigenvalue weighted by molar-refractivity contribution is -0.126. The summed E-state index contributed by atoms with van der Waals surface area (Å²) in [6.45, 7) is 1.89. The topological polar surface area (TPSA) is 55.1 Å². The van der Waals surface area contributed by atoms with Crippen molar-refractivity contribution in [2.75, 3.05) is 0 Å². The Kier molecular flexibility index (Phi) is 5.22. The van der Waals surface area contributed by atoms with E-state index in [4.69, 9.17) is 17.3 Å². The standard InChI is InChI=1S/C20H23ClN2O/c1-13(18(22)14-5-3-2-4-6-14)20(24)23-19(15-7-8-15)16-9-11-17(21)12-10-16/h2-6,9-13,15,18-19H,7-8,22H2,1H3,(H,23,24). The number of benzene rings is 2. The molecule has 0 heterocycles. The van der Waals surface area contributed by atoms with Crippen molar-refractivity contribution in [1.29, 1.82) is 0 Å². The molecule has 0 aliphatic heterocycles. The second-order valence-corrected chi connectivity index (χ2v) is 7.04. The summed E-state index contributed by atoms with van der Waals surface area (Å²) in [5.74, 6) is 0.217. The molecule has 24 heavy (non-hydrogen) atoms. The number of halogens is 1. The molecule has 1 aliphatic rings. The molecular weight excluding hydrogens is 320 g/mol. The highest BCUT2D eigenvalue weighted by Gasteiger charge is 2.35. The summed E-state index contributed by atoms with van der Waals surface area (Å²) in [6.07, 6.45) is 2.29. The molecule has 1 saturated carbocycles. The summed E-state index contributed by atoms with van der Waals surface area (Å²) >= 11 is 5.97. The highest BCUT2D eigenvalue weighted by atomic mass is 35.5. The minimum atomic E-state index is -0.309. The van der Waals surface area contributed by atoms with Gasteiger partial charge < -0.3 is 11.1 Å². The zero-order chi connectivity index (χ0) is 17.1. The van der Waals surface area contributed by atoms with Crippen LogP contribution in [0.25, 0.3) is 0 Å². The van der Waals surface area contributed by atoms with Gasteiger partial charge in [0.15, 0.2) is 0 Å². The van der Waals surface area contributed by atoms with Gasteiger partial charge in [-0.25, -0.2) is 0 Å². The molecule has 1 aliphatic carbocycles. The highest BCUT2D eigenvalue weighted by molar-refractivity contribution is 6.30. The van der Waals surface area contributed by atoms with Crippen molar-refractivity contribution in [2.45, 2.75) is 31.8 Å². The molecule has 3 atom stereocenters. The van der Waals surface area contributed by atoms with Crippen molar-refractivity contribution in [3.8, 4) is 0 Å². The Hall–Kier alpha value is -1.84. The van der Waals surface area contributed by atoms with Crippen LogP contribution in [0.5, 0.6) is 0 Å². The molecular formula is C20H23ClN2O. The van der Waals surface area contributed by atoms with Crippen molar-refractivity contribution in [1.82, 2.24) is 5.32 Å². The third kappa shape index (κ3) is 3.97. The molecule has 0 spiro atoms. The fourth-order valence-electron chi connectivity index (χ4n) is 2.98. The zero-order valence-electron chi connectivity index (χ0n) is 13.8. The number of amides is 1. The Labute approximate surface area is 148 Å². The Morgan fingerprint density at radius 1 is 1.08 bits per heavy atom. The molecule has 0 bridgehead atoms. The largest absolute Gasteiger partial charge is 0.349 e. The SMILES string of the molecule is CC(C(=O)NC(c1ccc(Cl)cc1)C1CC1)C(N)c1ccccc1. The summed E-state index contributed by atoms with van der Waals surface area (Å²) in [5.41, 5.74) is 8.38. The van der Waals surface area contributed by atoms with Crippen molar-refractivity contribution in [3.05, 3.63) is 70.7 Å². The first-order chi connectivity index (χ1) is 11.6. The first kappa shape index (κ1) is 17.0. The Morgan fingerprint density at radius 2 is 1.71 bits per heavy atom. The van der Waals surface area contributed by atoms with E-state index in [1.165, 1.54) is 0 Å². The van der Waals surface area contributed by atoms with Crippen LogP contribution in [0.2, 0.25) is 5.02 Å². The third-order valence-electron chi connectivity index (χ3n) is 4.76. The molecule has 4 heteroatoms. The average Bonchev–Trinajstić information content (AvgIpc) is 3.45. The van der Waals surface area contributed by atoms with Crippen LogP contribution in [0.3, 0.4) is 0 Å². The first-order valence-electron chi connectivity index (χ1n) is 8.42. The number of carbonyl (C=O) groups is 1. The van der Waals surface area contributed by atoms with Crippen LogP contribution in [0, 0.1) is 11.8 Å². The predicted octanol–water partition coefficient (Wildman–Crippen LogP) is 4.24. The van der Waals surface area contributed by atoms with Crippen molar-refractivity contribution >= 4 is 17.5 Å². The summed E-state index contributed by atoms with van der Waals surface area (Å²) in [4.78, 5) is 12.7. The van der Waals surface area contributed by atoms with E-state index >= 15 is 0 Å². The number of hydrogen-bond acceptors (Lipinski definition) is 2. The fourth-order valence-corrected chi connectivity index (χ4v) is 3.11. The molecule has 1 amide bonds. The predicted molar refractivity (Wildman–Crippen MR) is 97.6 cm³/mol. The summed E-state index contributed by atoms with van der Waals surface area (Å²) < 4.78 is 0. The van der Waals surface area contributed by atoms with E-state index in [9.17, 15) is 4.79 Å². The van der Waals surface area contributed by atoms with Crippen LogP contribution in [-0.2, 0) is 4.79 Å². The summed E-state index contributed by atoms with van der Waals surface area (Å²) in [5, 5.41) is 3.91. The van der Waals surface area contributed by atoms with Gasteiger partial charge in [-0.15, -0.1) is 0 Å². The maximum atomic E-state index is 12.7. The van der Waals surface area contributed by atoms with Gasteiger partial charge in [0.2, 0.25) is 5.91 Å². The molecule has 2 aromatic carbocycles. The summed E-state index contributed by atoms with van der Waals surface area (Å²) in [6, 6.07) is 17.2. The number of carbonyl (C=O) groups excluding carboxylic acids is 1. The maximum absolute atomic E-state index is 12.7. The van der Waals surface area contributed by atoms with Gasteiger partial charge >= 0.3 is 0 Å². The Bertz CT molecular complexity index is 683. The van der Waals surface area contributed by atoms with E-state index in [1.54, 1.807) is 0 Å².